The Morgan fingerprint density at radius 3 is 2.62 bits per heavy atom. The van der Waals surface area contributed by atoms with Gasteiger partial charge in [0.05, 0.1) is 6.54 Å². The molecule has 2 fully saturated rings. The molecule has 7 heteroatoms. The fourth-order valence-electron chi connectivity index (χ4n) is 4.35. The van der Waals surface area contributed by atoms with Crippen molar-refractivity contribution >= 4 is 29.9 Å². The highest BCUT2D eigenvalue weighted by Crippen LogP contribution is 2.32. The number of nitrogens with one attached hydrogen (secondary N) is 2. The molecule has 1 aromatic heterocycles. The second kappa shape index (κ2) is 9.92. The normalized spacial score (nSPS) is 26.5. The number of aliphatic imine (C=N–C) groups is 1. The Kier molecular flexibility index (Phi) is 8.19. The fraction of sp³-hybridized carbons (Fsp3) is 0.789. The third-order valence-corrected chi connectivity index (χ3v) is 5.68. The number of hydrogen-bond donors (Lipinski definition) is 2. The zero-order chi connectivity index (χ0) is 17.8. The minimum Gasteiger partial charge on any atom is -0.354 e. The highest BCUT2D eigenvalue weighted by atomic mass is 127. The highest BCUT2D eigenvalue weighted by Gasteiger charge is 2.36. The first-order valence-electron chi connectivity index (χ1n) is 9.76. The average Bonchev–Trinajstić information content (AvgIpc) is 2.98. The first-order valence-corrected chi connectivity index (χ1v) is 9.76. The maximum absolute atomic E-state index is 4.49. The summed E-state index contributed by atoms with van der Waals surface area (Å²) in [6.07, 6.45) is 10.4. The third kappa shape index (κ3) is 5.34. The molecule has 1 aromatic rings. The van der Waals surface area contributed by atoms with Crippen LogP contribution in [0.1, 0.15) is 51.8 Å². The van der Waals surface area contributed by atoms with E-state index in [1.54, 1.807) is 0 Å². The monoisotopic (exact) mass is 474 g/mol. The van der Waals surface area contributed by atoms with Crippen molar-refractivity contribution < 1.29 is 0 Å². The van der Waals surface area contributed by atoms with Gasteiger partial charge in [0.1, 0.15) is 5.82 Å². The van der Waals surface area contributed by atoms with E-state index in [4.69, 9.17) is 0 Å². The van der Waals surface area contributed by atoms with Gasteiger partial charge in [-0.3, -0.25) is 4.99 Å². The number of halogens is 1. The number of hydrogen-bond acceptors (Lipinski definition) is 3. The van der Waals surface area contributed by atoms with E-state index in [9.17, 15) is 0 Å². The van der Waals surface area contributed by atoms with Crippen molar-refractivity contribution in [2.24, 2.45) is 10.9 Å². The van der Waals surface area contributed by atoms with Gasteiger partial charge in [0.25, 0.3) is 0 Å². The van der Waals surface area contributed by atoms with E-state index >= 15 is 0 Å². The molecule has 2 atom stereocenters. The van der Waals surface area contributed by atoms with E-state index < -0.39 is 0 Å². The summed E-state index contributed by atoms with van der Waals surface area (Å²) in [5, 5.41) is 7.10. The minimum absolute atomic E-state index is 0. The van der Waals surface area contributed by atoms with Crippen LogP contribution in [0, 0.1) is 5.92 Å². The lowest BCUT2D eigenvalue weighted by Crippen LogP contribution is -2.56. The zero-order valence-corrected chi connectivity index (χ0v) is 18.9. The van der Waals surface area contributed by atoms with E-state index in [1.807, 2.05) is 13.2 Å². The standard InChI is InChI=1S/C19H34N6.HI/c1-14(2)13-25-9-8-21-18(25)12-22-19(20-3)23-15-10-16-6-5-7-17(11-15)24(16)4;/h8-9,14-17H,5-7,10-13H2,1-4H3,(H2,20,22,23);1H. The largest absolute Gasteiger partial charge is 0.354 e. The number of fused-ring (bicyclic) bond motifs is 2. The molecule has 0 saturated carbocycles. The molecule has 2 bridgehead atoms. The average molecular weight is 474 g/mol. The second-order valence-electron chi connectivity index (χ2n) is 8.03. The van der Waals surface area contributed by atoms with Crippen molar-refractivity contribution in [3.8, 4) is 0 Å². The lowest BCUT2D eigenvalue weighted by molar-refractivity contribution is 0.0526. The molecule has 26 heavy (non-hydrogen) atoms. The first kappa shape index (κ1) is 21.5. The highest BCUT2D eigenvalue weighted by molar-refractivity contribution is 14.0. The summed E-state index contributed by atoms with van der Waals surface area (Å²) in [5.41, 5.74) is 0. The van der Waals surface area contributed by atoms with Crippen molar-refractivity contribution in [2.75, 3.05) is 14.1 Å². The Morgan fingerprint density at radius 1 is 1.31 bits per heavy atom. The van der Waals surface area contributed by atoms with Gasteiger partial charge in [0, 0.05) is 44.1 Å². The SMILES string of the molecule is CN=C(NCc1nccn1CC(C)C)NC1CC2CCCC(C1)N2C.I. The van der Waals surface area contributed by atoms with Crippen LogP contribution in [0.3, 0.4) is 0 Å². The maximum atomic E-state index is 4.49. The molecule has 2 unspecified atom stereocenters. The Labute approximate surface area is 175 Å². The molecule has 0 spiro atoms. The van der Waals surface area contributed by atoms with Crippen LogP contribution in [0.25, 0.3) is 0 Å². The fourth-order valence-corrected chi connectivity index (χ4v) is 4.35. The summed E-state index contributed by atoms with van der Waals surface area (Å²) in [4.78, 5) is 11.5. The van der Waals surface area contributed by atoms with E-state index in [1.165, 1.54) is 32.1 Å². The molecule has 0 amide bonds. The molecular formula is C19H35IN6. The van der Waals surface area contributed by atoms with Crippen molar-refractivity contribution in [3.05, 3.63) is 18.2 Å². The van der Waals surface area contributed by atoms with Gasteiger partial charge in [-0.15, -0.1) is 24.0 Å². The van der Waals surface area contributed by atoms with Crippen LogP contribution in [0.15, 0.2) is 17.4 Å². The van der Waals surface area contributed by atoms with Crippen LogP contribution >= 0.6 is 24.0 Å². The number of imidazole rings is 1. The number of piperidine rings is 2. The van der Waals surface area contributed by atoms with Gasteiger partial charge in [-0.25, -0.2) is 4.98 Å². The number of nitrogens with zero attached hydrogens (tertiary/aromatic N) is 4. The van der Waals surface area contributed by atoms with Crippen LogP contribution in [0.4, 0.5) is 0 Å². The molecule has 2 saturated heterocycles. The van der Waals surface area contributed by atoms with Crippen molar-refractivity contribution in [2.45, 2.75) is 77.2 Å². The summed E-state index contributed by atoms with van der Waals surface area (Å²) >= 11 is 0. The smallest absolute Gasteiger partial charge is 0.191 e. The van der Waals surface area contributed by atoms with Gasteiger partial charge in [0.2, 0.25) is 0 Å². The van der Waals surface area contributed by atoms with E-state index in [0.29, 0.717) is 18.5 Å². The number of aromatic nitrogens is 2. The Hall–Kier alpha value is -0.830. The molecule has 148 valence electrons. The number of rotatable bonds is 5. The molecular weight excluding hydrogens is 439 g/mol. The number of guanidine groups is 1. The predicted molar refractivity (Wildman–Crippen MR) is 118 cm³/mol. The maximum Gasteiger partial charge on any atom is 0.191 e. The van der Waals surface area contributed by atoms with Crippen LogP contribution in [0.5, 0.6) is 0 Å². The Bertz CT molecular complexity index is 570. The van der Waals surface area contributed by atoms with E-state index in [0.717, 1.165) is 30.4 Å². The summed E-state index contributed by atoms with van der Waals surface area (Å²) in [5.74, 6) is 2.58. The van der Waals surface area contributed by atoms with Gasteiger partial charge < -0.3 is 20.1 Å². The van der Waals surface area contributed by atoms with Crippen molar-refractivity contribution in [1.29, 1.82) is 0 Å². The van der Waals surface area contributed by atoms with Crippen LogP contribution < -0.4 is 10.6 Å². The van der Waals surface area contributed by atoms with Crippen LogP contribution in [-0.2, 0) is 13.1 Å². The topological polar surface area (TPSA) is 57.5 Å². The molecule has 0 aromatic carbocycles. The molecule has 2 aliphatic rings. The summed E-state index contributed by atoms with van der Waals surface area (Å²) in [6, 6.07) is 1.98. The molecule has 2 aliphatic heterocycles. The molecule has 2 N–H and O–H groups in total. The lowest BCUT2D eigenvalue weighted by Gasteiger charge is -2.47. The zero-order valence-electron chi connectivity index (χ0n) is 16.6. The quantitative estimate of drug-likeness (QED) is 0.392. The van der Waals surface area contributed by atoms with Gasteiger partial charge in [0.15, 0.2) is 5.96 Å². The summed E-state index contributed by atoms with van der Waals surface area (Å²) in [6.45, 7) is 6.17. The molecule has 0 radical (unpaired) electrons. The lowest BCUT2D eigenvalue weighted by atomic mass is 9.82. The third-order valence-electron chi connectivity index (χ3n) is 5.68. The van der Waals surface area contributed by atoms with Gasteiger partial charge >= 0.3 is 0 Å². The minimum atomic E-state index is 0. The Balaban J connectivity index is 0.00000243. The van der Waals surface area contributed by atoms with Crippen LogP contribution in [0.2, 0.25) is 0 Å². The molecule has 0 aliphatic carbocycles. The molecule has 3 rings (SSSR count). The van der Waals surface area contributed by atoms with Gasteiger partial charge in [-0.2, -0.15) is 0 Å². The Morgan fingerprint density at radius 2 is 2.00 bits per heavy atom. The predicted octanol–water partition coefficient (Wildman–Crippen LogP) is 2.84. The summed E-state index contributed by atoms with van der Waals surface area (Å²) in [7, 11) is 4.15. The van der Waals surface area contributed by atoms with E-state index in [-0.39, 0.29) is 24.0 Å². The van der Waals surface area contributed by atoms with Crippen molar-refractivity contribution in [3.63, 3.8) is 0 Å². The second-order valence-corrected chi connectivity index (χ2v) is 8.03. The van der Waals surface area contributed by atoms with Crippen molar-refractivity contribution in [1.82, 2.24) is 25.1 Å². The van der Waals surface area contributed by atoms with Crippen LogP contribution in [-0.4, -0.2) is 52.6 Å². The van der Waals surface area contributed by atoms with Gasteiger partial charge in [-0.05, 0) is 38.6 Å². The summed E-state index contributed by atoms with van der Waals surface area (Å²) < 4.78 is 2.23. The van der Waals surface area contributed by atoms with E-state index in [2.05, 4.69) is 57.2 Å². The van der Waals surface area contributed by atoms with Gasteiger partial charge in [-0.1, -0.05) is 20.3 Å². The molecule has 6 nitrogen and oxygen atoms in total. The molecule has 3 heterocycles. The first-order chi connectivity index (χ1) is 12.1.